The SMILES string of the molecule is CC(C)COc1ccc([C@@H]2SCC(=O)Nc3c2cnn3C)cc1. The van der Waals surface area contributed by atoms with Crippen LogP contribution in [-0.2, 0) is 11.8 Å². The first-order valence-corrected chi connectivity index (χ1v) is 8.75. The molecule has 0 unspecified atom stereocenters. The average molecular weight is 331 g/mol. The minimum atomic E-state index is 0.0132. The number of hydrogen-bond acceptors (Lipinski definition) is 4. The van der Waals surface area contributed by atoms with Crippen molar-refractivity contribution >= 4 is 23.5 Å². The van der Waals surface area contributed by atoms with Crippen molar-refractivity contribution in [2.24, 2.45) is 13.0 Å². The summed E-state index contributed by atoms with van der Waals surface area (Å²) in [6.45, 7) is 4.97. The van der Waals surface area contributed by atoms with Crippen LogP contribution in [0.1, 0.15) is 30.2 Å². The number of carbonyl (C=O) groups is 1. The Hall–Kier alpha value is -1.95. The molecule has 0 spiro atoms. The van der Waals surface area contributed by atoms with Crippen LogP contribution >= 0.6 is 11.8 Å². The molecular formula is C17H21N3O2S. The van der Waals surface area contributed by atoms with Crippen molar-refractivity contribution in [2.75, 3.05) is 17.7 Å². The van der Waals surface area contributed by atoms with E-state index in [-0.39, 0.29) is 11.2 Å². The molecule has 1 aromatic heterocycles. The number of thioether (sulfide) groups is 1. The van der Waals surface area contributed by atoms with Crippen molar-refractivity contribution in [1.82, 2.24) is 9.78 Å². The summed E-state index contributed by atoms with van der Waals surface area (Å²) in [6, 6.07) is 8.13. The second kappa shape index (κ2) is 6.66. The van der Waals surface area contributed by atoms with Gasteiger partial charge in [0.05, 0.1) is 23.8 Å². The fourth-order valence-electron chi connectivity index (χ4n) is 2.49. The second-order valence-electron chi connectivity index (χ2n) is 6.09. The fourth-order valence-corrected chi connectivity index (χ4v) is 3.59. The molecule has 3 rings (SSSR count). The maximum atomic E-state index is 11.9. The van der Waals surface area contributed by atoms with E-state index < -0.39 is 0 Å². The minimum absolute atomic E-state index is 0.0132. The number of ether oxygens (including phenoxy) is 1. The smallest absolute Gasteiger partial charge is 0.235 e. The summed E-state index contributed by atoms with van der Waals surface area (Å²) in [5.41, 5.74) is 2.19. The van der Waals surface area contributed by atoms with Gasteiger partial charge in [-0.1, -0.05) is 26.0 Å². The Morgan fingerprint density at radius 3 is 2.83 bits per heavy atom. The van der Waals surface area contributed by atoms with Crippen molar-refractivity contribution in [3.05, 3.63) is 41.6 Å². The van der Waals surface area contributed by atoms with Gasteiger partial charge in [0.25, 0.3) is 0 Å². The predicted molar refractivity (Wildman–Crippen MR) is 92.9 cm³/mol. The largest absolute Gasteiger partial charge is 0.493 e. The summed E-state index contributed by atoms with van der Waals surface area (Å²) < 4.78 is 7.45. The quantitative estimate of drug-likeness (QED) is 0.934. The third-order valence-corrected chi connectivity index (χ3v) is 4.94. The van der Waals surface area contributed by atoms with E-state index in [1.165, 1.54) is 0 Å². The summed E-state index contributed by atoms with van der Waals surface area (Å²) in [5.74, 6) is 2.61. The number of nitrogens with one attached hydrogen (secondary N) is 1. The highest BCUT2D eigenvalue weighted by Crippen LogP contribution is 2.41. The molecule has 1 N–H and O–H groups in total. The van der Waals surface area contributed by atoms with Gasteiger partial charge in [0.15, 0.2) is 0 Å². The van der Waals surface area contributed by atoms with Crippen LogP contribution in [-0.4, -0.2) is 28.0 Å². The number of nitrogens with zero attached hydrogens (tertiary/aromatic N) is 2. The number of hydrogen-bond donors (Lipinski definition) is 1. The maximum Gasteiger partial charge on any atom is 0.235 e. The number of amides is 1. The maximum absolute atomic E-state index is 11.9. The highest BCUT2D eigenvalue weighted by molar-refractivity contribution is 8.00. The molecular weight excluding hydrogens is 310 g/mol. The molecule has 1 aliphatic rings. The van der Waals surface area contributed by atoms with Crippen LogP contribution in [0.25, 0.3) is 0 Å². The van der Waals surface area contributed by atoms with E-state index in [9.17, 15) is 4.79 Å². The molecule has 2 heterocycles. The zero-order valence-electron chi connectivity index (χ0n) is 13.6. The van der Waals surface area contributed by atoms with Crippen molar-refractivity contribution in [3.8, 4) is 5.75 Å². The number of carbonyl (C=O) groups excluding carboxylic acids is 1. The van der Waals surface area contributed by atoms with Crippen LogP contribution in [0.5, 0.6) is 5.75 Å². The van der Waals surface area contributed by atoms with E-state index in [0.717, 1.165) is 22.7 Å². The Kier molecular flexibility index (Phi) is 4.61. The molecule has 1 atom stereocenters. The molecule has 0 fully saturated rings. The van der Waals surface area contributed by atoms with E-state index in [0.29, 0.717) is 18.3 Å². The van der Waals surface area contributed by atoms with Gasteiger partial charge in [-0.2, -0.15) is 5.10 Å². The van der Waals surface area contributed by atoms with Crippen LogP contribution in [0.4, 0.5) is 5.82 Å². The van der Waals surface area contributed by atoms with Crippen molar-refractivity contribution < 1.29 is 9.53 Å². The summed E-state index contributed by atoms with van der Waals surface area (Å²) in [4.78, 5) is 11.9. The lowest BCUT2D eigenvalue weighted by atomic mass is 10.1. The van der Waals surface area contributed by atoms with Gasteiger partial charge >= 0.3 is 0 Å². The van der Waals surface area contributed by atoms with E-state index in [4.69, 9.17) is 4.74 Å². The summed E-state index contributed by atoms with van der Waals surface area (Å²) >= 11 is 1.62. The number of fused-ring (bicyclic) bond motifs is 1. The Morgan fingerprint density at radius 2 is 2.13 bits per heavy atom. The highest BCUT2D eigenvalue weighted by Gasteiger charge is 2.26. The third kappa shape index (κ3) is 3.52. The molecule has 1 aliphatic heterocycles. The standard InChI is InChI=1S/C17H21N3O2S/c1-11(2)9-22-13-6-4-12(5-7-13)16-14-8-18-20(3)17(14)19-15(21)10-23-16/h4-8,11,16H,9-10H2,1-3H3,(H,19,21)/t16-/m0/s1. The van der Waals surface area contributed by atoms with Gasteiger partial charge in [-0.25, -0.2) is 0 Å². The first kappa shape index (κ1) is 15.9. The molecule has 2 aromatic rings. The van der Waals surface area contributed by atoms with Gasteiger partial charge in [-0.05, 0) is 23.6 Å². The number of aromatic nitrogens is 2. The monoisotopic (exact) mass is 331 g/mol. The van der Waals surface area contributed by atoms with Gasteiger partial charge < -0.3 is 10.1 Å². The fraction of sp³-hybridized carbons (Fsp3) is 0.412. The number of aryl methyl sites for hydroxylation is 1. The van der Waals surface area contributed by atoms with Crippen molar-refractivity contribution in [2.45, 2.75) is 19.1 Å². The lowest BCUT2D eigenvalue weighted by Crippen LogP contribution is -2.15. The van der Waals surface area contributed by atoms with Gasteiger partial charge in [-0.15, -0.1) is 11.8 Å². The second-order valence-corrected chi connectivity index (χ2v) is 7.18. The topological polar surface area (TPSA) is 56.1 Å². The van der Waals surface area contributed by atoms with Crippen molar-refractivity contribution in [1.29, 1.82) is 0 Å². The first-order chi connectivity index (χ1) is 11.0. The summed E-state index contributed by atoms with van der Waals surface area (Å²) in [5, 5.41) is 7.31. The summed E-state index contributed by atoms with van der Waals surface area (Å²) in [6.07, 6.45) is 1.84. The molecule has 6 heteroatoms. The highest BCUT2D eigenvalue weighted by atomic mass is 32.2. The zero-order chi connectivity index (χ0) is 16.4. The molecule has 0 bridgehead atoms. The number of benzene rings is 1. The molecule has 23 heavy (non-hydrogen) atoms. The molecule has 1 aromatic carbocycles. The molecule has 0 saturated carbocycles. The van der Waals surface area contributed by atoms with Crippen LogP contribution in [0.3, 0.4) is 0 Å². The van der Waals surface area contributed by atoms with E-state index >= 15 is 0 Å². The average Bonchev–Trinajstić information content (AvgIpc) is 2.79. The summed E-state index contributed by atoms with van der Waals surface area (Å²) in [7, 11) is 1.84. The van der Waals surface area contributed by atoms with Crippen LogP contribution in [0, 0.1) is 5.92 Å². The van der Waals surface area contributed by atoms with Crippen LogP contribution in [0.2, 0.25) is 0 Å². The molecule has 122 valence electrons. The molecule has 0 aliphatic carbocycles. The van der Waals surface area contributed by atoms with E-state index in [2.05, 4.69) is 36.4 Å². The first-order valence-electron chi connectivity index (χ1n) is 7.70. The predicted octanol–water partition coefficient (Wildman–Crippen LogP) is 3.23. The van der Waals surface area contributed by atoms with Crippen LogP contribution in [0.15, 0.2) is 30.5 Å². The van der Waals surface area contributed by atoms with Crippen molar-refractivity contribution in [3.63, 3.8) is 0 Å². The van der Waals surface area contributed by atoms with Crippen LogP contribution < -0.4 is 10.1 Å². The Morgan fingerprint density at radius 1 is 1.39 bits per heavy atom. The zero-order valence-corrected chi connectivity index (χ0v) is 14.4. The Balaban J connectivity index is 1.84. The van der Waals surface area contributed by atoms with Gasteiger partial charge in [0.1, 0.15) is 11.6 Å². The minimum Gasteiger partial charge on any atom is -0.493 e. The lowest BCUT2D eigenvalue weighted by Gasteiger charge is -2.15. The Labute approximate surface area is 140 Å². The van der Waals surface area contributed by atoms with Gasteiger partial charge in [-0.3, -0.25) is 9.48 Å². The van der Waals surface area contributed by atoms with Gasteiger partial charge in [0.2, 0.25) is 5.91 Å². The van der Waals surface area contributed by atoms with E-state index in [1.54, 1.807) is 16.4 Å². The molecule has 1 amide bonds. The molecule has 5 nitrogen and oxygen atoms in total. The number of rotatable bonds is 4. The Bertz CT molecular complexity index is 694. The van der Waals surface area contributed by atoms with E-state index in [1.807, 2.05) is 25.4 Å². The lowest BCUT2D eigenvalue weighted by molar-refractivity contribution is -0.113. The number of anilines is 1. The molecule has 0 saturated heterocycles. The third-order valence-electron chi connectivity index (χ3n) is 3.65. The normalized spacial score (nSPS) is 17.6. The van der Waals surface area contributed by atoms with Gasteiger partial charge in [0, 0.05) is 12.6 Å². The molecule has 0 radical (unpaired) electrons.